The third-order valence-corrected chi connectivity index (χ3v) is 2.25. The highest BCUT2D eigenvalue weighted by molar-refractivity contribution is 5.84. The number of pyridine rings is 1. The third kappa shape index (κ3) is 0.577. The molecule has 2 aromatic rings. The minimum Gasteiger partial charge on any atom is -0.256 e. The first-order valence-electron chi connectivity index (χ1n) is 3.80. The van der Waals surface area contributed by atoms with Crippen LogP contribution in [0.5, 0.6) is 0 Å². The Kier molecular flexibility index (Phi) is 0.779. The van der Waals surface area contributed by atoms with Crippen LogP contribution in [0.3, 0.4) is 0 Å². The van der Waals surface area contributed by atoms with Crippen LogP contribution in [0.25, 0.3) is 10.9 Å². The number of fused-ring (bicyclic) bond motifs is 1. The Hall–Kier alpha value is -1.37. The molecule has 4 rings (SSSR count). The summed E-state index contributed by atoms with van der Waals surface area (Å²) in [5.74, 6) is 0. The van der Waals surface area contributed by atoms with Gasteiger partial charge in [-0.25, -0.2) is 0 Å². The molecule has 11 heavy (non-hydrogen) atoms. The van der Waals surface area contributed by atoms with Crippen molar-refractivity contribution >= 4 is 10.9 Å². The molecule has 1 aliphatic heterocycles. The van der Waals surface area contributed by atoms with Crippen LogP contribution in [0.1, 0.15) is 11.1 Å². The molecule has 0 atom stereocenters. The number of rotatable bonds is 0. The Morgan fingerprint density at radius 3 is 3.00 bits per heavy atom. The lowest BCUT2D eigenvalue weighted by atomic mass is 9.96. The van der Waals surface area contributed by atoms with Crippen LogP contribution in [-0.2, 0) is 6.42 Å². The van der Waals surface area contributed by atoms with Gasteiger partial charge in [-0.15, -0.1) is 0 Å². The Balaban J connectivity index is 2.67. The lowest BCUT2D eigenvalue weighted by molar-refractivity contribution is 1.12. The van der Waals surface area contributed by atoms with Crippen LogP contribution < -0.4 is 0 Å². The van der Waals surface area contributed by atoms with Gasteiger partial charge in [0.2, 0.25) is 0 Å². The van der Waals surface area contributed by atoms with Gasteiger partial charge in [0.15, 0.2) is 0 Å². The van der Waals surface area contributed by atoms with E-state index in [2.05, 4.69) is 29.2 Å². The zero-order valence-corrected chi connectivity index (χ0v) is 6.04. The molecule has 0 saturated heterocycles. The zero-order chi connectivity index (χ0) is 7.26. The van der Waals surface area contributed by atoms with Crippen LogP contribution in [0.2, 0.25) is 0 Å². The molecule has 0 unspecified atom stereocenters. The standard InChI is InChI=1S/C10H7N/c1-2-8-4-7-5-9(3-1)10(8)11-6-7/h1-4,6H,5H2. The van der Waals surface area contributed by atoms with E-state index in [0.29, 0.717) is 0 Å². The normalized spacial score (nSPS) is 13.1. The highest BCUT2D eigenvalue weighted by Crippen LogP contribution is 2.25. The van der Waals surface area contributed by atoms with Crippen LogP contribution in [0.15, 0.2) is 30.5 Å². The molecular weight excluding hydrogens is 134 g/mol. The first-order valence-corrected chi connectivity index (χ1v) is 3.80. The lowest BCUT2D eigenvalue weighted by Gasteiger charge is -2.12. The minimum absolute atomic E-state index is 1.08. The molecular formula is C10H7N. The second-order valence-corrected chi connectivity index (χ2v) is 3.01. The summed E-state index contributed by atoms with van der Waals surface area (Å²) in [5.41, 5.74) is 3.90. The fraction of sp³-hybridized carbons (Fsp3) is 0.100. The van der Waals surface area contributed by atoms with Crippen LogP contribution >= 0.6 is 0 Å². The van der Waals surface area contributed by atoms with Gasteiger partial charge in [0.1, 0.15) is 0 Å². The molecule has 2 heterocycles. The van der Waals surface area contributed by atoms with Gasteiger partial charge in [0.05, 0.1) is 5.52 Å². The average molecular weight is 141 g/mol. The maximum atomic E-state index is 4.35. The summed E-state index contributed by atoms with van der Waals surface area (Å²) >= 11 is 0. The number of para-hydroxylation sites is 1. The van der Waals surface area contributed by atoms with E-state index in [1.165, 1.54) is 22.0 Å². The topological polar surface area (TPSA) is 12.9 Å². The van der Waals surface area contributed by atoms with E-state index in [1.54, 1.807) is 0 Å². The summed E-state index contributed by atoms with van der Waals surface area (Å²) < 4.78 is 0. The molecule has 0 N–H and O–H groups in total. The lowest BCUT2D eigenvalue weighted by Crippen LogP contribution is -1.99. The molecule has 1 aromatic carbocycles. The maximum absolute atomic E-state index is 4.35. The summed E-state index contributed by atoms with van der Waals surface area (Å²) in [6.45, 7) is 0. The second-order valence-electron chi connectivity index (χ2n) is 3.01. The summed E-state index contributed by atoms with van der Waals surface area (Å²) in [6.07, 6.45) is 3.04. The van der Waals surface area contributed by atoms with Gasteiger partial charge in [0.25, 0.3) is 0 Å². The number of nitrogens with zero attached hydrogens (tertiary/aromatic N) is 1. The predicted molar refractivity (Wildman–Crippen MR) is 44.5 cm³/mol. The molecule has 0 fully saturated rings. The third-order valence-electron chi connectivity index (χ3n) is 2.25. The fourth-order valence-electron chi connectivity index (χ4n) is 1.73. The van der Waals surface area contributed by atoms with E-state index < -0.39 is 0 Å². The number of benzene rings is 1. The van der Waals surface area contributed by atoms with Gasteiger partial charge >= 0.3 is 0 Å². The molecule has 0 radical (unpaired) electrons. The first-order chi connectivity index (χ1) is 5.43. The maximum Gasteiger partial charge on any atom is 0.0737 e. The molecule has 0 saturated carbocycles. The molecule has 4 bridgehead atoms. The van der Waals surface area contributed by atoms with E-state index in [9.17, 15) is 0 Å². The molecule has 1 nitrogen and oxygen atoms in total. The largest absolute Gasteiger partial charge is 0.256 e. The summed E-state index contributed by atoms with van der Waals surface area (Å²) in [5, 5.41) is 1.28. The van der Waals surface area contributed by atoms with Gasteiger partial charge in [-0.2, -0.15) is 0 Å². The molecule has 0 spiro atoms. The predicted octanol–water partition coefficient (Wildman–Crippen LogP) is 2.14. The average Bonchev–Trinajstić information content (AvgIpc) is 2.05. The van der Waals surface area contributed by atoms with Crippen molar-refractivity contribution < 1.29 is 0 Å². The summed E-state index contributed by atoms with van der Waals surface area (Å²) in [6, 6.07) is 8.59. The molecule has 1 heteroatoms. The van der Waals surface area contributed by atoms with Crippen LogP contribution in [0.4, 0.5) is 0 Å². The Bertz CT molecular complexity index is 432. The summed E-state index contributed by atoms with van der Waals surface area (Å²) in [7, 11) is 0. The van der Waals surface area contributed by atoms with Crippen molar-refractivity contribution in [1.29, 1.82) is 0 Å². The van der Waals surface area contributed by atoms with E-state index in [0.717, 1.165) is 6.42 Å². The van der Waals surface area contributed by atoms with Crippen molar-refractivity contribution in [3.8, 4) is 0 Å². The SMILES string of the molecule is c1cc2c3ncc(cc3c1)C2. The van der Waals surface area contributed by atoms with Crippen molar-refractivity contribution in [2.45, 2.75) is 6.42 Å². The minimum atomic E-state index is 1.08. The van der Waals surface area contributed by atoms with Crippen molar-refractivity contribution in [3.05, 3.63) is 41.6 Å². The monoisotopic (exact) mass is 141 g/mol. The van der Waals surface area contributed by atoms with E-state index in [1.807, 2.05) is 6.20 Å². The Labute approximate surface area is 64.7 Å². The van der Waals surface area contributed by atoms with E-state index in [-0.39, 0.29) is 0 Å². The molecule has 0 amide bonds. The number of aromatic nitrogens is 1. The second kappa shape index (κ2) is 1.62. The van der Waals surface area contributed by atoms with Crippen molar-refractivity contribution in [1.82, 2.24) is 4.98 Å². The van der Waals surface area contributed by atoms with E-state index in [4.69, 9.17) is 0 Å². The molecule has 1 aliphatic carbocycles. The summed E-state index contributed by atoms with van der Waals surface area (Å²) in [4.78, 5) is 4.35. The van der Waals surface area contributed by atoms with Crippen molar-refractivity contribution in [2.75, 3.05) is 0 Å². The highest BCUT2D eigenvalue weighted by Gasteiger charge is 2.09. The smallest absolute Gasteiger partial charge is 0.0737 e. The number of hydrogen-bond donors (Lipinski definition) is 0. The van der Waals surface area contributed by atoms with Gasteiger partial charge in [-0.3, -0.25) is 4.98 Å². The van der Waals surface area contributed by atoms with Crippen molar-refractivity contribution in [3.63, 3.8) is 0 Å². The van der Waals surface area contributed by atoms with Gasteiger partial charge < -0.3 is 0 Å². The molecule has 52 valence electrons. The fourth-order valence-corrected chi connectivity index (χ4v) is 1.73. The van der Waals surface area contributed by atoms with Crippen LogP contribution in [-0.4, -0.2) is 4.98 Å². The number of hydrogen-bond acceptors (Lipinski definition) is 1. The quantitative estimate of drug-likeness (QED) is 0.467. The van der Waals surface area contributed by atoms with Crippen molar-refractivity contribution in [2.24, 2.45) is 0 Å². The Morgan fingerprint density at radius 2 is 2.27 bits per heavy atom. The van der Waals surface area contributed by atoms with Gasteiger partial charge in [-0.1, -0.05) is 18.2 Å². The van der Waals surface area contributed by atoms with E-state index >= 15 is 0 Å². The molecule has 2 aliphatic rings. The first kappa shape index (κ1) is 5.30. The molecule has 1 aromatic heterocycles. The van der Waals surface area contributed by atoms with Gasteiger partial charge in [0, 0.05) is 18.0 Å². The Morgan fingerprint density at radius 1 is 1.27 bits per heavy atom. The van der Waals surface area contributed by atoms with Crippen LogP contribution in [0, 0.1) is 0 Å². The zero-order valence-electron chi connectivity index (χ0n) is 6.04. The highest BCUT2D eigenvalue weighted by atomic mass is 14.7. The van der Waals surface area contributed by atoms with Gasteiger partial charge in [-0.05, 0) is 17.2 Å².